The Kier molecular flexibility index (Phi) is 4.36. The molecular formula is C18H25NO5S. The minimum absolute atomic E-state index is 0.0316. The SMILES string of the molecule is Cc1ccc(S(=O)(=O)NC(=O)O[C@@H]2C[C@]3(C(C)C)CC[C@]2(C)O3)cc1. The second-order valence-electron chi connectivity index (χ2n) is 7.65. The standard InChI is InChI=1S/C18H25NO5S/c1-12(2)18-10-9-17(4,24-18)15(11-18)23-16(20)19-25(21,22)14-7-5-13(3)6-8-14/h5-8,12,15H,9-11H2,1-4H3,(H,19,20)/t15-,17+,18+/m1/s1. The fourth-order valence-electron chi connectivity index (χ4n) is 3.77. The largest absolute Gasteiger partial charge is 0.442 e. The predicted octanol–water partition coefficient (Wildman–Crippen LogP) is 3.15. The summed E-state index contributed by atoms with van der Waals surface area (Å²) in [6.07, 6.45) is 0.927. The molecule has 2 fully saturated rings. The quantitative estimate of drug-likeness (QED) is 0.884. The van der Waals surface area contributed by atoms with Gasteiger partial charge in [0.2, 0.25) is 0 Å². The number of nitrogens with one attached hydrogen (secondary N) is 1. The van der Waals surface area contributed by atoms with E-state index in [2.05, 4.69) is 13.8 Å². The lowest BCUT2D eigenvalue weighted by Crippen LogP contribution is -2.43. The van der Waals surface area contributed by atoms with Gasteiger partial charge in [0.05, 0.1) is 10.5 Å². The van der Waals surface area contributed by atoms with Crippen LogP contribution in [0.5, 0.6) is 0 Å². The molecule has 2 heterocycles. The van der Waals surface area contributed by atoms with Crippen molar-refractivity contribution in [2.75, 3.05) is 0 Å². The number of ether oxygens (including phenoxy) is 2. The summed E-state index contributed by atoms with van der Waals surface area (Å²) >= 11 is 0. The number of sulfonamides is 1. The first-order valence-electron chi connectivity index (χ1n) is 8.57. The fraction of sp³-hybridized carbons (Fsp3) is 0.611. The molecule has 2 aliphatic heterocycles. The van der Waals surface area contributed by atoms with Crippen LogP contribution in [0.15, 0.2) is 29.2 Å². The Labute approximate surface area is 148 Å². The molecule has 25 heavy (non-hydrogen) atoms. The van der Waals surface area contributed by atoms with E-state index in [9.17, 15) is 13.2 Å². The van der Waals surface area contributed by atoms with Crippen LogP contribution in [0.2, 0.25) is 0 Å². The first kappa shape index (κ1) is 18.2. The van der Waals surface area contributed by atoms with Gasteiger partial charge in [0, 0.05) is 6.42 Å². The summed E-state index contributed by atoms with van der Waals surface area (Å²) in [5.41, 5.74) is 0.109. The fourth-order valence-corrected chi connectivity index (χ4v) is 4.65. The molecule has 1 N–H and O–H groups in total. The summed E-state index contributed by atoms with van der Waals surface area (Å²) < 4.78 is 38.2. The maximum absolute atomic E-state index is 12.3. The summed E-state index contributed by atoms with van der Waals surface area (Å²) in [4.78, 5) is 12.2. The topological polar surface area (TPSA) is 81.7 Å². The van der Waals surface area contributed by atoms with E-state index in [1.165, 1.54) is 12.1 Å². The second kappa shape index (κ2) is 5.99. The van der Waals surface area contributed by atoms with E-state index in [1.807, 2.05) is 18.6 Å². The van der Waals surface area contributed by atoms with E-state index in [-0.39, 0.29) is 10.5 Å². The van der Waals surface area contributed by atoms with Crippen LogP contribution in [0.1, 0.15) is 45.6 Å². The molecule has 0 radical (unpaired) electrons. The Morgan fingerprint density at radius 3 is 2.48 bits per heavy atom. The summed E-state index contributed by atoms with van der Waals surface area (Å²) in [6, 6.07) is 6.27. The van der Waals surface area contributed by atoms with Crippen molar-refractivity contribution in [1.82, 2.24) is 4.72 Å². The van der Waals surface area contributed by atoms with Crippen LogP contribution in [0.3, 0.4) is 0 Å². The number of amides is 1. The Bertz CT molecular complexity index is 773. The molecule has 1 aromatic carbocycles. The van der Waals surface area contributed by atoms with Crippen molar-refractivity contribution in [3.05, 3.63) is 29.8 Å². The lowest BCUT2D eigenvalue weighted by molar-refractivity contribution is -0.0813. The van der Waals surface area contributed by atoms with Gasteiger partial charge in [-0.05, 0) is 44.7 Å². The first-order valence-corrected chi connectivity index (χ1v) is 10.0. The molecule has 2 saturated heterocycles. The van der Waals surface area contributed by atoms with Crippen molar-refractivity contribution in [2.45, 2.75) is 69.2 Å². The van der Waals surface area contributed by atoms with Gasteiger partial charge in [0.15, 0.2) is 0 Å². The zero-order valence-corrected chi connectivity index (χ0v) is 15.9. The number of benzene rings is 1. The number of hydrogen-bond donors (Lipinski definition) is 1. The van der Waals surface area contributed by atoms with Gasteiger partial charge in [-0.3, -0.25) is 0 Å². The highest BCUT2D eigenvalue weighted by Crippen LogP contribution is 2.54. The molecule has 3 atom stereocenters. The van der Waals surface area contributed by atoms with Gasteiger partial charge >= 0.3 is 6.09 Å². The monoisotopic (exact) mass is 367 g/mol. The van der Waals surface area contributed by atoms with E-state index >= 15 is 0 Å². The predicted molar refractivity (Wildman–Crippen MR) is 92.7 cm³/mol. The van der Waals surface area contributed by atoms with Crippen molar-refractivity contribution in [1.29, 1.82) is 0 Å². The van der Waals surface area contributed by atoms with Crippen LogP contribution in [0.4, 0.5) is 4.79 Å². The minimum atomic E-state index is -3.95. The molecule has 1 aromatic rings. The molecule has 0 aliphatic carbocycles. The number of carbonyl (C=O) groups excluding carboxylic acids is 1. The van der Waals surface area contributed by atoms with Gasteiger partial charge in [-0.15, -0.1) is 0 Å². The number of rotatable bonds is 4. The third-order valence-corrected chi connectivity index (χ3v) is 6.87. The van der Waals surface area contributed by atoms with Gasteiger partial charge in [0.25, 0.3) is 10.0 Å². The van der Waals surface area contributed by atoms with Crippen molar-refractivity contribution in [2.24, 2.45) is 5.92 Å². The van der Waals surface area contributed by atoms with Crippen molar-refractivity contribution < 1.29 is 22.7 Å². The van der Waals surface area contributed by atoms with Crippen molar-refractivity contribution >= 4 is 16.1 Å². The van der Waals surface area contributed by atoms with Crippen LogP contribution in [0, 0.1) is 12.8 Å². The average molecular weight is 367 g/mol. The second-order valence-corrected chi connectivity index (χ2v) is 9.33. The minimum Gasteiger partial charge on any atom is -0.442 e. The normalized spacial score (nSPS) is 31.3. The van der Waals surface area contributed by atoms with Gasteiger partial charge in [-0.2, -0.15) is 0 Å². The van der Waals surface area contributed by atoms with Crippen LogP contribution in [-0.2, 0) is 19.5 Å². The molecule has 1 amide bonds. The molecule has 0 aromatic heterocycles. The number of carbonyl (C=O) groups is 1. The van der Waals surface area contributed by atoms with Crippen LogP contribution >= 0.6 is 0 Å². The van der Waals surface area contributed by atoms with E-state index in [4.69, 9.17) is 9.47 Å². The highest BCUT2D eigenvalue weighted by Gasteiger charge is 2.61. The zero-order valence-electron chi connectivity index (χ0n) is 15.0. The number of hydrogen-bond acceptors (Lipinski definition) is 5. The molecular weight excluding hydrogens is 342 g/mol. The van der Waals surface area contributed by atoms with E-state index < -0.39 is 27.8 Å². The Morgan fingerprint density at radius 2 is 1.92 bits per heavy atom. The molecule has 2 aliphatic rings. The van der Waals surface area contributed by atoms with Gasteiger partial charge in [0.1, 0.15) is 11.7 Å². The smallest absolute Gasteiger partial charge is 0.421 e. The average Bonchev–Trinajstić information content (AvgIpc) is 2.99. The molecule has 7 heteroatoms. The van der Waals surface area contributed by atoms with Crippen LogP contribution in [0.25, 0.3) is 0 Å². The zero-order chi connectivity index (χ0) is 18.5. The molecule has 0 saturated carbocycles. The van der Waals surface area contributed by atoms with Crippen molar-refractivity contribution in [3.63, 3.8) is 0 Å². The molecule has 2 bridgehead atoms. The lowest BCUT2D eigenvalue weighted by Gasteiger charge is -2.31. The Hall–Kier alpha value is -1.60. The summed E-state index contributed by atoms with van der Waals surface area (Å²) in [7, 11) is -3.95. The third kappa shape index (κ3) is 3.27. The third-order valence-electron chi connectivity index (χ3n) is 5.54. The molecule has 0 spiro atoms. The van der Waals surface area contributed by atoms with Crippen LogP contribution in [-0.4, -0.2) is 31.8 Å². The van der Waals surface area contributed by atoms with E-state index in [1.54, 1.807) is 12.1 Å². The molecule has 0 unspecified atom stereocenters. The maximum Gasteiger partial charge on any atom is 0.421 e. The first-order chi connectivity index (χ1) is 11.6. The Morgan fingerprint density at radius 1 is 1.28 bits per heavy atom. The number of aryl methyl sites for hydroxylation is 1. The molecule has 138 valence electrons. The van der Waals surface area contributed by atoms with Gasteiger partial charge in [-0.25, -0.2) is 17.9 Å². The van der Waals surface area contributed by atoms with E-state index in [0.29, 0.717) is 12.3 Å². The van der Waals surface area contributed by atoms with Gasteiger partial charge in [-0.1, -0.05) is 31.5 Å². The van der Waals surface area contributed by atoms with Crippen LogP contribution < -0.4 is 4.72 Å². The maximum atomic E-state index is 12.3. The summed E-state index contributed by atoms with van der Waals surface area (Å²) in [6.45, 7) is 7.97. The van der Waals surface area contributed by atoms with Crippen molar-refractivity contribution in [3.8, 4) is 0 Å². The molecule has 3 rings (SSSR count). The summed E-state index contributed by atoms with van der Waals surface area (Å²) in [5.74, 6) is 0.308. The van der Waals surface area contributed by atoms with Gasteiger partial charge < -0.3 is 9.47 Å². The highest BCUT2D eigenvalue weighted by molar-refractivity contribution is 7.90. The highest BCUT2D eigenvalue weighted by atomic mass is 32.2. The van der Waals surface area contributed by atoms with E-state index in [0.717, 1.165) is 18.4 Å². The summed E-state index contributed by atoms with van der Waals surface area (Å²) in [5, 5.41) is 0. The molecule has 6 nitrogen and oxygen atoms in total. The lowest BCUT2D eigenvalue weighted by atomic mass is 9.75. The number of fused-ring (bicyclic) bond motifs is 2. The Balaban J connectivity index is 1.68.